The number of hydrogen-bond acceptors (Lipinski definition) is 3. The summed E-state index contributed by atoms with van der Waals surface area (Å²) >= 11 is 0. The third kappa shape index (κ3) is 6.02. The zero-order valence-corrected chi connectivity index (χ0v) is 19.4. The van der Waals surface area contributed by atoms with E-state index in [1.54, 1.807) is 0 Å². The number of H-pyrrole nitrogens is 1. The molecule has 6 heteroatoms. The summed E-state index contributed by atoms with van der Waals surface area (Å²) in [4.78, 5) is 32.7. The Morgan fingerprint density at radius 1 is 0.970 bits per heavy atom. The van der Waals surface area contributed by atoms with Gasteiger partial charge in [0.2, 0.25) is 11.8 Å². The highest BCUT2D eigenvalue weighted by Gasteiger charge is 2.27. The quantitative estimate of drug-likeness (QED) is 0.530. The van der Waals surface area contributed by atoms with Crippen molar-refractivity contribution < 1.29 is 9.59 Å². The van der Waals surface area contributed by atoms with Crippen LogP contribution >= 0.6 is 0 Å². The number of rotatable bonds is 9. The molecule has 1 atom stereocenters. The number of nitrogens with one attached hydrogen (secondary N) is 2. The van der Waals surface area contributed by atoms with Crippen LogP contribution in [0.2, 0.25) is 0 Å². The van der Waals surface area contributed by atoms with Crippen LogP contribution in [0, 0.1) is 0 Å². The van der Waals surface area contributed by atoms with E-state index in [9.17, 15) is 9.59 Å². The molecule has 2 heterocycles. The van der Waals surface area contributed by atoms with Crippen molar-refractivity contribution in [3.63, 3.8) is 0 Å². The number of amides is 2. The first-order valence-corrected chi connectivity index (χ1v) is 12.0. The Kier molecular flexibility index (Phi) is 7.79. The van der Waals surface area contributed by atoms with E-state index in [1.807, 2.05) is 48.4 Å². The second kappa shape index (κ2) is 11.1. The van der Waals surface area contributed by atoms with E-state index in [0.29, 0.717) is 26.1 Å². The van der Waals surface area contributed by atoms with Crippen molar-refractivity contribution in [1.29, 1.82) is 0 Å². The number of piperazine rings is 1. The third-order valence-corrected chi connectivity index (χ3v) is 6.66. The number of carbonyl (C=O) groups excluding carboxylic acids is 2. The van der Waals surface area contributed by atoms with Gasteiger partial charge >= 0.3 is 0 Å². The van der Waals surface area contributed by atoms with Gasteiger partial charge in [-0.2, -0.15) is 0 Å². The van der Waals surface area contributed by atoms with Gasteiger partial charge in [0, 0.05) is 56.2 Å². The molecule has 0 bridgehead atoms. The average molecular weight is 447 g/mol. The number of carbonyl (C=O) groups is 2. The molecule has 1 unspecified atom stereocenters. The molecule has 2 amide bonds. The molecule has 1 aliphatic heterocycles. The Bertz CT molecular complexity index is 1050. The monoisotopic (exact) mass is 446 g/mol. The standard InChI is InChI=1S/C27H34N4O2/c1-21(27(33)28-15-14-23-20-29-25-12-6-5-11-24(23)25)30-16-18-31(19-17-30)26(32)13-7-10-22-8-3-2-4-9-22/h2-6,8-9,11-12,20-21,29H,7,10,13-19H2,1H3,(H,28,33). The molecule has 0 saturated carbocycles. The van der Waals surface area contributed by atoms with Gasteiger partial charge in [-0.1, -0.05) is 48.5 Å². The Morgan fingerprint density at radius 3 is 2.48 bits per heavy atom. The topological polar surface area (TPSA) is 68.4 Å². The maximum atomic E-state index is 12.7. The SMILES string of the molecule is CC(C(=O)NCCc1c[nH]c2ccccc12)N1CCN(C(=O)CCCc2ccccc2)CC1. The van der Waals surface area contributed by atoms with Crippen molar-refractivity contribution in [3.05, 3.63) is 71.9 Å². The third-order valence-electron chi connectivity index (χ3n) is 6.66. The van der Waals surface area contributed by atoms with Crippen LogP contribution in [0.1, 0.15) is 30.9 Å². The molecule has 3 aromatic rings. The van der Waals surface area contributed by atoms with Gasteiger partial charge < -0.3 is 15.2 Å². The zero-order valence-electron chi connectivity index (χ0n) is 19.4. The fourth-order valence-corrected chi connectivity index (χ4v) is 4.58. The van der Waals surface area contributed by atoms with Crippen LogP contribution in [0.5, 0.6) is 0 Å². The number of para-hydroxylation sites is 1. The minimum Gasteiger partial charge on any atom is -0.361 e. The molecule has 2 aromatic carbocycles. The summed E-state index contributed by atoms with van der Waals surface area (Å²) in [6.07, 6.45) is 5.21. The van der Waals surface area contributed by atoms with Crippen LogP contribution in [0.4, 0.5) is 0 Å². The molecule has 4 rings (SSSR count). The van der Waals surface area contributed by atoms with Gasteiger partial charge in [-0.25, -0.2) is 0 Å². The molecule has 33 heavy (non-hydrogen) atoms. The van der Waals surface area contributed by atoms with Crippen molar-refractivity contribution in [1.82, 2.24) is 20.1 Å². The fraction of sp³-hybridized carbons (Fsp3) is 0.407. The van der Waals surface area contributed by atoms with Gasteiger partial charge in [0.15, 0.2) is 0 Å². The second-order valence-electron chi connectivity index (χ2n) is 8.83. The number of benzene rings is 2. The van der Waals surface area contributed by atoms with Crippen molar-refractivity contribution in [2.75, 3.05) is 32.7 Å². The molecule has 1 saturated heterocycles. The Labute approximate surface area is 196 Å². The van der Waals surface area contributed by atoms with Crippen LogP contribution in [0.25, 0.3) is 10.9 Å². The Morgan fingerprint density at radius 2 is 1.70 bits per heavy atom. The van der Waals surface area contributed by atoms with E-state index >= 15 is 0 Å². The van der Waals surface area contributed by atoms with Crippen molar-refractivity contribution in [3.8, 4) is 0 Å². The predicted molar refractivity (Wildman–Crippen MR) is 132 cm³/mol. The summed E-state index contributed by atoms with van der Waals surface area (Å²) < 4.78 is 0. The summed E-state index contributed by atoms with van der Waals surface area (Å²) in [5, 5.41) is 4.30. The molecule has 2 N–H and O–H groups in total. The van der Waals surface area contributed by atoms with E-state index in [-0.39, 0.29) is 17.9 Å². The molecule has 1 aromatic heterocycles. The van der Waals surface area contributed by atoms with Crippen LogP contribution in [0.15, 0.2) is 60.8 Å². The fourth-order valence-electron chi connectivity index (χ4n) is 4.58. The van der Waals surface area contributed by atoms with E-state index in [2.05, 4.69) is 39.5 Å². The van der Waals surface area contributed by atoms with E-state index < -0.39 is 0 Å². The summed E-state index contributed by atoms with van der Waals surface area (Å²) in [5.74, 6) is 0.277. The van der Waals surface area contributed by atoms with Crippen molar-refractivity contribution >= 4 is 22.7 Å². The van der Waals surface area contributed by atoms with Crippen LogP contribution in [-0.4, -0.2) is 65.4 Å². The minimum atomic E-state index is -0.191. The first-order valence-electron chi connectivity index (χ1n) is 12.0. The average Bonchev–Trinajstić information content (AvgIpc) is 3.27. The highest BCUT2D eigenvalue weighted by Crippen LogP contribution is 2.18. The van der Waals surface area contributed by atoms with Crippen LogP contribution in [0.3, 0.4) is 0 Å². The lowest BCUT2D eigenvalue weighted by molar-refractivity contribution is -0.134. The number of hydrogen-bond donors (Lipinski definition) is 2. The molecule has 1 aliphatic rings. The molecule has 174 valence electrons. The molecule has 6 nitrogen and oxygen atoms in total. The highest BCUT2D eigenvalue weighted by atomic mass is 16.2. The lowest BCUT2D eigenvalue weighted by atomic mass is 10.1. The first kappa shape index (κ1) is 23.1. The van der Waals surface area contributed by atoms with Crippen LogP contribution in [-0.2, 0) is 22.4 Å². The smallest absolute Gasteiger partial charge is 0.237 e. The minimum absolute atomic E-state index is 0.0532. The summed E-state index contributed by atoms with van der Waals surface area (Å²) in [5.41, 5.74) is 3.62. The van der Waals surface area contributed by atoms with Gasteiger partial charge in [-0.15, -0.1) is 0 Å². The van der Waals surface area contributed by atoms with Gasteiger partial charge in [-0.05, 0) is 43.4 Å². The van der Waals surface area contributed by atoms with Gasteiger partial charge in [-0.3, -0.25) is 14.5 Å². The number of aryl methyl sites for hydroxylation is 1. The van der Waals surface area contributed by atoms with Gasteiger partial charge in [0.1, 0.15) is 0 Å². The number of aromatic nitrogens is 1. The van der Waals surface area contributed by atoms with Crippen LogP contribution < -0.4 is 5.32 Å². The lowest BCUT2D eigenvalue weighted by Gasteiger charge is -2.37. The summed E-state index contributed by atoms with van der Waals surface area (Å²) in [6.45, 7) is 5.43. The van der Waals surface area contributed by atoms with Gasteiger partial charge in [0.05, 0.1) is 6.04 Å². The predicted octanol–water partition coefficient (Wildman–Crippen LogP) is 3.38. The molecule has 0 radical (unpaired) electrons. The number of aromatic amines is 1. The normalized spacial score (nSPS) is 15.5. The van der Waals surface area contributed by atoms with E-state index in [0.717, 1.165) is 37.9 Å². The zero-order chi connectivity index (χ0) is 23.0. The molecule has 0 aliphatic carbocycles. The largest absolute Gasteiger partial charge is 0.361 e. The molecule has 1 fully saturated rings. The Balaban J connectivity index is 1.16. The maximum absolute atomic E-state index is 12.7. The van der Waals surface area contributed by atoms with Gasteiger partial charge in [0.25, 0.3) is 0 Å². The highest BCUT2D eigenvalue weighted by molar-refractivity contribution is 5.83. The van der Waals surface area contributed by atoms with E-state index in [1.165, 1.54) is 16.5 Å². The van der Waals surface area contributed by atoms with Crippen molar-refractivity contribution in [2.24, 2.45) is 0 Å². The second-order valence-corrected chi connectivity index (χ2v) is 8.83. The Hall–Kier alpha value is -3.12. The molecular weight excluding hydrogens is 412 g/mol. The lowest BCUT2D eigenvalue weighted by Crippen LogP contribution is -2.55. The number of nitrogens with zero attached hydrogens (tertiary/aromatic N) is 2. The first-order chi connectivity index (χ1) is 16.1. The molecular formula is C27H34N4O2. The summed E-state index contributed by atoms with van der Waals surface area (Å²) in [6, 6.07) is 18.3. The van der Waals surface area contributed by atoms with E-state index in [4.69, 9.17) is 0 Å². The molecule has 0 spiro atoms. The summed E-state index contributed by atoms with van der Waals surface area (Å²) in [7, 11) is 0. The van der Waals surface area contributed by atoms with Crippen molar-refractivity contribution in [2.45, 2.75) is 38.6 Å². The maximum Gasteiger partial charge on any atom is 0.237 e. The number of fused-ring (bicyclic) bond motifs is 1.